The standard InChI is InChI=1S/C38H44O10/c1-21-25(24-14-15-45-19-24)16-26-32(21)38(5)27(17-31(43)44-6)37(4)29(48-30(42)13-12-23-10-8-7-9-11-23)18-28(41)36(3,20-39)34(37)33(35(38)47-26)46-22(2)40/h7-15,19-20,25-29,33-35,41H,16-18H2,1-6H3. The van der Waals surface area contributed by atoms with Crippen molar-refractivity contribution in [2.45, 2.75) is 90.3 Å². The Morgan fingerprint density at radius 2 is 1.79 bits per heavy atom. The van der Waals surface area contributed by atoms with Gasteiger partial charge in [-0.2, -0.15) is 0 Å². The number of esters is 3. The van der Waals surface area contributed by atoms with Gasteiger partial charge in [-0.25, -0.2) is 4.79 Å². The molecule has 10 heteroatoms. The van der Waals surface area contributed by atoms with E-state index in [9.17, 15) is 24.3 Å². The minimum Gasteiger partial charge on any atom is -0.472 e. The average molecular weight is 661 g/mol. The first-order valence-electron chi connectivity index (χ1n) is 16.5. The molecule has 11 atom stereocenters. The Morgan fingerprint density at radius 1 is 1.06 bits per heavy atom. The van der Waals surface area contributed by atoms with Crippen LogP contribution in [0.2, 0.25) is 0 Å². The lowest BCUT2D eigenvalue weighted by atomic mass is 9.39. The van der Waals surface area contributed by atoms with Crippen LogP contribution in [0.25, 0.3) is 6.08 Å². The third-order valence-corrected chi connectivity index (χ3v) is 12.1. The van der Waals surface area contributed by atoms with Crippen LogP contribution < -0.4 is 0 Å². The van der Waals surface area contributed by atoms with Crippen LogP contribution in [-0.2, 0) is 38.1 Å². The van der Waals surface area contributed by atoms with Crippen molar-refractivity contribution in [1.82, 2.24) is 0 Å². The molecule has 0 bridgehead atoms. The van der Waals surface area contributed by atoms with Crippen molar-refractivity contribution in [3.63, 3.8) is 0 Å². The van der Waals surface area contributed by atoms with E-state index in [0.29, 0.717) is 12.7 Å². The first-order valence-corrected chi connectivity index (χ1v) is 16.5. The minimum atomic E-state index is -1.45. The molecule has 3 fully saturated rings. The number of carbonyl (C=O) groups excluding carboxylic acids is 4. The van der Waals surface area contributed by atoms with Crippen LogP contribution in [0.5, 0.6) is 0 Å². The van der Waals surface area contributed by atoms with Crippen LogP contribution in [0, 0.1) is 28.1 Å². The Morgan fingerprint density at radius 3 is 2.42 bits per heavy atom. The highest BCUT2D eigenvalue weighted by Gasteiger charge is 2.76. The first-order chi connectivity index (χ1) is 22.8. The lowest BCUT2D eigenvalue weighted by molar-refractivity contribution is -0.279. The van der Waals surface area contributed by atoms with Gasteiger partial charge in [0.25, 0.3) is 0 Å². The molecule has 48 heavy (non-hydrogen) atoms. The topological polar surface area (TPSA) is 139 Å². The molecule has 1 aliphatic heterocycles. The number of benzene rings is 1. The van der Waals surface area contributed by atoms with E-state index in [1.54, 1.807) is 25.5 Å². The number of methoxy groups -OCH3 is 1. The zero-order valence-corrected chi connectivity index (χ0v) is 28.2. The summed E-state index contributed by atoms with van der Waals surface area (Å²) in [5, 5.41) is 11.7. The monoisotopic (exact) mass is 660 g/mol. The maximum Gasteiger partial charge on any atom is 0.331 e. The average Bonchev–Trinajstić information content (AvgIpc) is 3.77. The molecule has 10 nitrogen and oxygen atoms in total. The summed E-state index contributed by atoms with van der Waals surface area (Å²) in [6.07, 6.45) is 3.09. The van der Waals surface area contributed by atoms with Crippen molar-refractivity contribution >= 4 is 30.3 Å². The SMILES string of the molecule is COC(=O)CC1C2(C)C3=C(C)C(c4ccoc4)CC3OC2C(OC(C)=O)C2C(C)(C=O)C(O)CC(OC(=O)C=Cc3ccccc3)C21C. The third-order valence-electron chi connectivity index (χ3n) is 12.1. The second-order valence-corrected chi connectivity index (χ2v) is 14.4. The maximum atomic E-state index is 13.5. The van der Waals surface area contributed by atoms with Gasteiger partial charge in [0, 0.05) is 48.5 Å². The van der Waals surface area contributed by atoms with Crippen LogP contribution in [0.1, 0.15) is 70.9 Å². The number of carbonyl (C=O) groups is 4. The number of ether oxygens (including phenoxy) is 4. The zero-order chi connectivity index (χ0) is 34.6. The number of aliphatic hydroxyl groups is 1. The van der Waals surface area contributed by atoms with Gasteiger partial charge in [-0.05, 0) is 55.0 Å². The van der Waals surface area contributed by atoms with Crippen LogP contribution >= 0.6 is 0 Å². The molecule has 3 aliphatic carbocycles. The number of furan rings is 1. The Kier molecular flexibility index (Phi) is 8.79. The summed E-state index contributed by atoms with van der Waals surface area (Å²) >= 11 is 0. The van der Waals surface area contributed by atoms with E-state index in [-0.39, 0.29) is 24.9 Å². The van der Waals surface area contributed by atoms with Crippen molar-refractivity contribution in [2.75, 3.05) is 7.11 Å². The van der Waals surface area contributed by atoms with E-state index >= 15 is 0 Å². The lowest BCUT2D eigenvalue weighted by Gasteiger charge is -2.66. The van der Waals surface area contributed by atoms with Crippen molar-refractivity contribution < 1.29 is 47.6 Å². The van der Waals surface area contributed by atoms with Gasteiger partial charge in [0.15, 0.2) is 0 Å². The third kappa shape index (κ3) is 5.15. The highest BCUT2D eigenvalue weighted by atomic mass is 16.6. The molecular weight excluding hydrogens is 616 g/mol. The molecule has 11 unspecified atom stereocenters. The molecule has 0 amide bonds. The first kappa shape index (κ1) is 33.9. The predicted octanol–water partition coefficient (Wildman–Crippen LogP) is 5.20. The highest BCUT2D eigenvalue weighted by molar-refractivity contribution is 5.87. The molecule has 2 saturated carbocycles. The van der Waals surface area contributed by atoms with Crippen LogP contribution in [0.15, 0.2) is 70.6 Å². The molecule has 4 aliphatic rings. The van der Waals surface area contributed by atoms with E-state index in [0.717, 1.165) is 22.3 Å². The normalized spacial score (nSPS) is 38.6. The summed E-state index contributed by atoms with van der Waals surface area (Å²) in [5.41, 5.74) is 0.304. The van der Waals surface area contributed by atoms with Crippen LogP contribution in [-0.4, -0.2) is 66.9 Å². The fourth-order valence-corrected chi connectivity index (χ4v) is 9.98. The van der Waals surface area contributed by atoms with Gasteiger partial charge in [0.1, 0.15) is 24.6 Å². The molecule has 2 aromatic rings. The second-order valence-electron chi connectivity index (χ2n) is 14.4. The molecule has 1 aromatic carbocycles. The van der Waals surface area contributed by atoms with E-state index in [1.807, 2.05) is 50.2 Å². The number of hydrogen-bond acceptors (Lipinski definition) is 10. The Balaban J connectivity index is 1.54. The summed E-state index contributed by atoms with van der Waals surface area (Å²) in [5.74, 6) is -3.22. The van der Waals surface area contributed by atoms with Crippen molar-refractivity contribution in [3.05, 3.63) is 77.3 Å². The number of fused-ring (bicyclic) bond motifs is 4. The Labute approximate surface area is 280 Å². The van der Waals surface area contributed by atoms with Crippen molar-refractivity contribution in [2.24, 2.45) is 28.1 Å². The largest absolute Gasteiger partial charge is 0.472 e. The lowest BCUT2D eigenvalue weighted by Crippen LogP contribution is -2.73. The second kappa shape index (κ2) is 12.5. The molecule has 2 heterocycles. The fourth-order valence-electron chi connectivity index (χ4n) is 9.98. The van der Waals surface area contributed by atoms with Gasteiger partial charge >= 0.3 is 17.9 Å². The van der Waals surface area contributed by atoms with Gasteiger partial charge in [-0.15, -0.1) is 0 Å². The molecule has 1 aromatic heterocycles. The summed E-state index contributed by atoms with van der Waals surface area (Å²) in [4.78, 5) is 52.9. The van der Waals surface area contributed by atoms with E-state index in [4.69, 9.17) is 23.4 Å². The van der Waals surface area contributed by atoms with Gasteiger partial charge in [-0.1, -0.05) is 49.8 Å². The number of aliphatic hydroxyl groups excluding tert-OH is 1. The molecular formula is C38H44O10. The van der Waals surface area contributed by atoms with Crippen molar-refractivity contribution in [3.8, 4) is 0 Å². The van der Waals surface area contributed by atoms with Gasteiger partial charge in [-0.3, -0.25) is 9.59 Å². The molecule has 0 spiro atoms. The number of hydrogen-bond donors (Lipinski definition) is 1. The van der Waals surface area contributed by atoms with Gasteiger partial charge in [0.2, 0.25) is 0 Å². The van der Waals surface area contributed by atoms with E-state index in [1.165, 1.54) is 20.1 Å². The molecule has 1 saturated heterocycles. The minimum absolute atomic E-state index is 0.00294. The highest BCUT2D eigenvalue weighted by Crippen LogP contribution is 2.72. The number of aldehydes is 1. The molecule has 256 valence electrons. The maximum absolute atomic E-state index is 13.5. The Bertz CT molecular complexity index is 1630. The van der Waals surface area contributed by atoms with Gasteiger partial charge in [0.05, 0.1) is 37.3 Å². The summed E-state index contributed by atoms with van der Waals surface area (Å²) in [7, 11) is 1.32. The zero-order valence-electron chi connectivity index (χ0n) is 28.2. The summed E-state index contributed by atoms with van der Waals surface area (Å²) < 4.78 is 29.9. The number of allylic oxidation sites excluding steroid dienone is 1. The molecule has 0 radical (unpaired) electrons. The van der Waals surface area contributed by atoms with E-state index < -0.39 is 70.4 Å². The molecule has 6 rings (SSSR count). The quantitative estimate of drug-likeness (QED) is 0.132. The van der Waals surface area contributed by atoms with Gasteiger partial charge < -0.3 is 33.3 Å². The summed E-state index contributed by atoms with van der Waals surface area (Å²) in [6.45, 7) is 8.91. The smallest absolute Gasteiger partial charge is 0.331 e. The van der Waals surface area contributed by atoms with Crippen molar-refractivity contribution in [1.29, 1.82) is 0 Å². The number of rotatable bonds is 8. The van der Waals surface area contributed by atoms with E-state index in [2.05, 4.69) is 6.92 Å². The summed E-state index contributed by atoms with van der Waals surface area (Å²) in [6, 6.07) is 11.2. The molecule has 1 N–H and O–H groups in total. The Hall–Kier alpha value is -4.02. The predicted molar refractivity (Wildman–Crippen MR) is 173 cm³/mol. The van der Waals surface area contributed by atoms with Crippen LogP contribution in [0.3, 0.4) is 0 Å². The fraction of sp³-hybridized carbons (Fsp3) is 0.526. The van der Waals surface area contributed by atoms with Crippen LogP contribution in [0.4, 0.5) is 0 Å².